The second-order valence-corrected chi connectivity index (χ2v) is 5.31. The van der Waals surface area contributed by atoms with Gasteiger partial charge in [0.1, 0.15) is 6.54 Å². The van der Waals surface area contributed by atoms with E-state index in [1.165, 1.54) is 9.80 Å². The van der Waals surface area contributed by atoms with Crippen molar-refractivity contribution in [1.29, 1.82) is 0 Å². The van der Waals surface area contributed by atoms with Gasteiger partial charge in [0, 0.05) is 6.54 Å². The van der Waals surface area contributed by atoms with Gasteiger partial charge in [-0.2, -0.15) is 0 Å². The normalized spacial score (nSPS) is 17.1. The highest BCUT2D eigenvalue weighted by atomic mass is 16.5. The number of likely N-dealkylation sites (N-methyl/N-ethyl adjacent to an activating group) is 1. The van der Waals surface area contributed by atoms with Gasteiger partial charge in [-0.25, -0.2) is 0 Å². The summed E-state index contributed by atoms with van der Waals surface area (Å²) in [6.45, 7) is 7.41. The Morgan fingerprint density at radius 1 is 1.17 bits per heavy atom. The van der Waals surface area contributed by atoms with Crippen LogP contribution in [0.4, 0.5) is 0 Å². The van der Waals surface area contributed by atoms with Crippen LogP contribution >= 0.6 is 0 Å². The van der Waals surface area contributed by atoms with E-state index in [1.54, 1.807) is 20.8 Å². The van der Waals surface area contributed by atoms with Gasteiger partial charge in [0.25, 0.3) is 0 Å². The number of rotatable bonds is 3. The second kappa shape index (κ2) is 5.37. The van der Waals surface area contributed by atoms with Gasteiger partial charge in [-0.3, -0.25) is 19.3 Å². The van der Waals surface area contributed by atoms with Crippen LogP contribution in [0.1, 0.15) is 27.7 Å². The number of piperazine rings is 1. The Kier molecular flexibility index (Phi) is 4.32. The molecule has 0 aromatic carbocycles. The van der Waals surface area contributed by atoms with E-state index in [-0.39, 0.29) is 37.6 Å². The Morgan fingerprint density at radius 2 is 1.67 bits per heavy atom. The Morgan fingerprint density at radius 3 is 2.17 bits per heavy atom. The predicted octanol–water partition coefficient (Wildman–Crippen LogP) is 0.224. The van der Waals surface area contributed by atoms with Crippen molar-refractivity contribution >= 4 is 17.8 Å². The van der Waals surface area contributed by atoms with Crippen LogP contribution in [-0.2, 0) is 19.1 Å². The molecule has 1 heterocycles. The predicted molar refractivity (Wildman–Crippen MR) is 64.4 cm³/mol. The summed E-state index contributed by atoms with van der Waals surface area (Å²) in [4.78, 5) is 37.6. The number of carbonyl (C=O) groups is 3. The van der Waals surface area contributed by atoms with E-state index in [4.69, 9.17) is 4.74 Å². The molecule has 0 N–H and O–H groups in total. The molecule has 1 aliphatic heterocycles. The highest BCUT2D eigenvalue weighted by Gasteiger charge is 2.30. The zero-order chi connectivity index (χ0) is 13.9. The number of hydrogen-bond donors (Lipinski definition) is 0. The second-order valence-electron chi connectivity index (χ2n) is 5.31. The summed E-state index contributed by atoms with van der Waals surface area (Å²) in [5.74, 6) is -0.706. The van der Waals surface area contributed by atoms with Crippen molar-refractivity contribution in [2.24, 2.45) is 5.41 Å². The third-order valence-electron chi connectivity index (χ3n) is 2.70. The summed E-state index contributed by atoms with van der Waals surface area (Å²) in [6, 6.07) is 0. The smallest absolute Gasteiger partial charge is 0.312 e. The highest BCUT2D eigenvalue weighted by molar-refractivity contribution is 5.92. The van der Waals surface area contributed by atoms with Crippen molar-refractivity contribution in [1.82, 2.24) is 9.80 Å². The summed E-state index contributed by atoms with van der Waals surface area (Å²) < 4.78 is 5.03. The summed E-state index contributed by atoms with van der Waals surface area (Å²) in [5, 5.41) is 0. The van der Waals surface area contributed by atoms with Crippen LogP contribution in [0.5, 0.6) is 0 Å². The quantitative estimate of drug-likeness (QED) is 0.678. The largest absolute Gasteiger partial charge is 0.444 e. The SMILES string of the molecule is CCN1CC(=O)N(COC(=O)C(C)(C)C)CC1=O. The van der Waals surface area contributed by atoms with Gasteiger partial charge in [-0.05, 0) is 27.7 Å². The van der Waals surface area contributed by atoms with Gasteiger partial charge in [-0.1, -0.05) is 0 Å². The van der Waals surface area contributed by atoms with Crippen molar-refractivity contribution in [3.63, 3.8) is 0 Å². The van der Waals surface area contributed by atoms with Crippen LogP contribution in [-0.4, -0.2) is 53.9 Å². The molecule has 0 aromatic rings. The Balaban J connectivity index is 2.52. The van der Waals surface area contributed by atoms with Crippen LogP contribution in [0, 0.1) is 5.41 Å². The summed E-state index contributed by atoms with van der Waals surface area (Å²) in [5.41, 5.74) is -0.613. The Bertz CT molecular complexity index is 360. The van der Waals surface area contributed by atoms with Crippen LogP contribution in [0.2, 0.25) is 0 Å². The van der Waals surface area contributed by atoms with Gasteiger partial charge in [0.15, 0.2) is 6.73 Å². The number of nitrogens with zero attached hydrogens (tertiary/aromatic N) is 2. The molecule has 2 amide bonds. The molecule has 18 heavy (non-hydrogen) atoms. The molecular weight excluding hydrogens is 236 g/mol. The average Bonchev–Trinajstić information content (AvgIpc) is 2.27. The lowest BCUT2D eigenvalue weighted by molar-refractivity contribution is -0.166. The highest BCUT2D eigenvalue weighted by Crippen LogP contribution is 2.15. The molecule has 0 radical (unpaired) electrons. The number of ether oxygens (including phenoxy) is 1. The zero-order valence-corrected chi connectivity index (χ0v) is 11.4. The number of esters is 1. The Labute approximate surface area is 107 Å². The summed E-state index contributed by atoms with van der Waals surface area (Å²) in [6.07, 6.45) is 0. The third-order valence-corrected chi connectivity index (χ3v) is 2.70. The molecule has 0 spiro atoms. The minimum absolute atomic E-state index is 0.0237. The van der Waals surface area contributed by atoms with E-state index < -0.39 is 5.41 Å². The third kappa shape index (κ3) is 3.45. The van der Waals surface area contributed by atoms with E-state index in [2.05, 4.69) is 0 Å². The molecule has 1 rings (SSSR count). The number of amides is 2. The van der Waals surface area contributed by atoms with E-state index in [9.17, 15) is 14.4 Å². The molecule has 1 saturated heterocycles. The van der Waals surface area contributed by atoms with Gasteiger partial charge in [-0.15, -0.1) is 0 Å². The topological polar surface area (TPSA) is 66.9 Å². The minimum Gasteiger partial charge on any atom is -0.444 e. The van der Waals surface area contributed by atoms with Crippen molar-refractivity contribution in [2.45, 2.75) is 27.7 Å². The fourth-order valence-electron chi connectivity index (χ4n) is 1.46. The summed E-state index contributed by atoms with van der Waals surface area (Å²) in [7, 11) is 0. The molecule has 0 bridgehead atoms. The van der Waals surface area contributed by atoms with E-state index in [1.807, 2.05) is 6.92 Å². The van der Waals surface area contributed by atoms with Gasteiger partial charge >= 0.3 is 5.97 Å². The molecule has 0 atom stereocenters. The molecule has 6 nitrogen and oxygen atoms in total. The molecule has 0 unspecified atom stereocenters. The van der Waals surface area contributed by atoms with Crippen molar-refractivity contribution < 1.29 is 19.1 Å². The molecule has 1 aliphatic rings. The summed E-state index contributed by atoms with van der Waals surface area (Å²) >= 11 is 0. The first-order chi connectivity index (χ1) is 8.25. The van der Waals surface area contributed by atoms with Gasteiger partial charge < -0.3 is 9.64 Å². The first kappa shape index (κ1) is 14.5. The first-order valence-electron chi connectivity index (χ1n) is 5.98. The van der Waals surface area contributed by atoms with Crippen LogP contribution < -0.4 is 0 Å². The van der Waals surface area contributed by atoms with E-state index >= 15 is 0 Å². The number of hydrogen-bond acceptors (Lipinski definition) is 4. The average molecular weight is 256 g/mol. The fraction of sp³-hybridized carbons (Fsp3) is 0.750. The lowest BCUT2D eigenvalue weighted by Crippen LogP contribution is -2.54. The van der Waals surface area contributed by atoms with E-state index in [0.29, 0.717) is 6.54 Å². The zero-order valence-electron chi connectivity index (χ0n) is 11.4. The molecule has 0 aliphatic carbocycles. The number of carbonyl (C=O) groups excluding carboxylic acids is 3. The van der Waals surface area contributed by atoms with Crippen LogP contribution in [0.25, 0.3) is 0 Å². The Hall–Kier alpha value is -1.59. The molecule has 0 aromatic heterocycles. The van der Waals surface area contributed by atoms with Gasteiger partial charge in [0.05, 0.1) is 12.0 Å². The van der Waals surface area contributed by atoms with Crippen molar-refractivity contribution in [3.05, 3.63) is 0 Å². The van der Waals surface area contributed by atoms with Crippen molar-refractivity contribution in [3.8, 4) is 0 Å². The molecule has 102 valence electrons. The van der Waals surface area contributed by atoms with Crippen LogP contribution in [0.3, 0.4) is 0 Å². The maximum Gasteiger partial charge on any atom is 0.312 e. The first-order valence-corrected chi connectivity index (χ1v) is 5.98. The maximum absolute atomic E-state index is 11.7. The molecular formula is C12H20N2O4. The van der Waals surface area contributed by atoms with Crippen LogP contribution in [0.15, 0.2) is 0 Å². The monoisotopic (exact) mass is 256 g/mol. The fourth-order valence-corrected chi connectivity index (χ4v) is 1.46. The lowest BCUT2D eigenvalue weighted by atomic mass is 9.98. The lowest BCUT2D eigenvalue weighted by Gasteiger charge is -2.33. The molecule has 1 fully saturated rings. The van der Waals surface area contributed by atoms with Gasteiger partial charge in [0.2, 0.25) is 11.8 Å². The van der Waals surface area contributed by atoms with E-state index in [0.717, 1.165) is 0 Å². The molecule has 6 heteroatoms. The minimum atomic E-state index is -0.613. The molecule has 0 saturated carbocycles. The maximum atomic E-state index is 11.7. The standard InChI is InChI=1S/C12H20N2O4/c1-5-13-6-10(16)14(7-9(13)15)8-18-11(17)12(2,3)4/h5-8H2,1-4H3. The van der Waals surface area contributed by atoms with Crippen molar-refractivity contribution in [2.75, 3.05) is 26.4 Å².